The molecular formula is C18H19N5O2S. The number of nitrogens with zero attached hydrogens (tertiary/aromatic N) is 4. The number of aliphatic imine (C=N–C) groups is 1. The van der Waals surface area contributed by atoms with Crippen molar-refractivity contribution in [3.8, 4) is 0 Å². The molecule has 3 aromatic heterocycles. The van der Waals surface area contributed by atoms with E-state index < -0.39 is 5.90 Å². The van der Waals surface area contributed by atoms with Crippen LogP contribution < -0.4 is 15.5 Å². The highest BCUT2D eigenvalue weighted by atomic mass is 32.1. The summed E-state index contributed by atoms with van der Waals surface area (Å²) in [6, 6.07) is 2.49. The lowest BCUT2D eigenvalue weighted by molar-refractivity contribution is -0.765. The second kappa shape index (κ2) is 6.05. The van der Waals surface area contributed by atoms with E-state index in [9.17, 15) is 5.11 Å². The van der Waals surface area contributed by atoms with Gasteiger partial charge in [-0.2, -0.15) is 0 Å². The van der Waals surface area contributed by atoms with Crippen LogP contribution in [-0.4, -0.2) is 16.2 Å². The zero-order valence-corrected chi connectivity index (χ0v) is 15.1. The third-order valence-electron chi connectivity index (χ3n) is 5.05. The largest absolute Gasteiger partial charge is 0.857 e. The fourth-order valence-electron chi connectivity index (χ4n) is 3.46. The number of nitrogen functional groups attached to an aromatic ring is 1. The summed E-state index contributed by atoms with van der Waals surface area (Å²) in [6.07, 6.45) is 9.45. The molecule has 0 spiro atoms. The summed E-state index contributed by atoms with van der Waals surface area (Å²) in [7, 11) is 0. The first-order valence-corrected chi connectivity index (χ1v) is 9.85. The average molecular weight is 369 g/mol. The second-order valence-electron chi connectivity index (χ2n) is 7.02. The van der Waals surface area contributed by atoms with Crippen LogP contribution in [0.15, 0.2) is 21.8 Å². The van der Waals surface area contributed by atoms with Crippen molar-refractivity contribution in [2.24, 2.45) is 4.99 Å². The minimum Gasteiger partial charge on any atom is -0.857 e. The van der Waals surface area contributed by atoms with Gasteiger partial charge in [-0.25, -0.2) is 9.98 Å². The maximum atomic E-state index is 12.6. The average Bonchev–Trinajstić information content (AvgIpc) is 3.36. The van der Waals surface area contributed by atoms with Gasteiger partial charge in [0.05, 0.1) is 10.6 Å². The quantitative estimate of drug-likeness (QED) is 0.330. The first kappa shape index (κ1) is 15.7. The molecule has 0 amide bonds. The molecule has 5 rings (SSSR count). The van der Waals surface area contributed by atoms with Gasteiger partial charge in [0.15, 0.2) is 6.04 Å². The number of aryl methyl sites for hydroxylation is 2. The monoisotopic (exact) mass is 369 g/mol. The summed E-state index contributed by atoms with van der Waals surface area (Å²) in [5.41, 5.74) is 9.14. The third-order valence-corrected chi connectivity index (χ3v) is 6.15. The van der Waals surface area contributed by atoms with Crippen molar-refractivity contribution in [1.82, 2.24) is 10.3 Å². The summed E-state index contributed by atoms with van der Waals surface area (Å²) in [6.45, 7) is 0. The first-order valence-electron chi connectivity index (χ1n) is 9.04. The van der Waals surface area contributed by atoms with Crippen LogP contribution in [0.4, 0.5) is 11.6 Å². The molecule has 2 aliphatic rings. The van der Waals surface area contributed by atoms with E-state index in [0.717, 1.165) is 41.6 Å². The van der Waals surface area contributed by atoms with Gasteiger partial charge >= 0.3 is 5.88 Å². The summed E-state index contributed by atoms with van der Waals surface area (Å²) < 4.78 is 6.86. The number of fused-ring (bicyclic) bond motifs is 2. The van der Waals surface area contributed by atoms with Crippen molar-refractivity contribution >= 4 is 39.0 Å². The van der Waals surface area contributed by atoms with E-state index in [1.54, 1.807) is 10.9 Å². The van der Waals surface area contributed by atoms with Gasteiger partial charge in [0, 0.05) is 29.8 Å². The number of thiophene rings is 1. The smallest absolute Gasteiger partial charge is 0.320 e. The van der Waals surface area contributed by atoms with Crippen LogP contribution in [-0.2, 0) is 12.8 Å². The topological polar surface area (TPSA) is 104 Å². The number of hydrogen-bond donors (Lipinski definition) is 1. The van der Waals surface area contributed by atoms with Crippen LogP contribution in [0.1, 0.15) is 54.3 Å². The van der Waals surface area contributed by atoms with Crippen LogP contribution in [0, 0.1) is 0 Å². The Hall–Kier alpha value is -2.48. The standard InChI is InChI=1S/C18H19N5O2S/c19-15-12-8-10-4-2-1-3-5-13(10)20-18(12)26-16(15)17(24)21-14-9-23(22-25-14)11-6-7-11/h8-9,11H,1-7H2,(H2-,19,21,22,24). The van der Waals surface area contributed by atoms with Crippen molar-refractivity contribution in [2.75, 3.05) is 5.73 Å². The Morgan fingerprint density at radius 1 is 1.31 bits per heavy atom. The van der Waals surface area contributed by atoms with Gasteiger partial charge in [0.2, 0.25) is 5.27 Å². The summed E-state index contributed by atoms with van der Waals surface area (Å²) in [5.74, 6) is -0.192. The Labute approximate surface area is 154 Å². The van der Waals surface area contributed by atoms with Crippen molar-refractivity contribution in [1.29, 1.82) is 0 Å². The maximum Gasteiger partial charge on any atom is 0.320 e. The molecule has 26 heavy (non-hydrogen) atoms. The second-order valence-corrected chi connectivity index (χ2v) is 8.02. The molecule has 0 aliphatic heterocycles. The summed E-state index contributed by atoms with van der Waals surface area (Å²) in [5, 5.41) is 17.4. The number of nitrogens with two attached hydrogens (primary N) is 1. The van der Waals surface area contributed by atoms with Crippen LogP contribution in [0.2, 0.25) is 0 Å². The molecule has 2 aliphatic carbocycles. The van der Waals surface area contributed by atoms with Crippen molar-refractivity contribution < 1.29 is 14.3 Å². The highest BCUT2D eigenvalue weighted by molar-refractivity contribution is 7.21. The zero-order chi connectivity index (χ0) is 17.7. The molecule has 3 aromatic rings. The van der Waals surface area contributed by atoms with Crippen LogP contribution in [0.3, 0.4) is 0 Å². The molecule has 8 heteroatoms. The van der Waals surface area contributed by atoms with E-state index in [0.29, 0.717) is 16.6 Å². The number of anilines is 1. The Morgan fingerprint density at radius 3 is 3.00 bits per heavy atom. The first-order chi connectivity index (χ1) is 12.7. The van der Waals surface area contributed by atoms with Gasteiger partial charge in [-0.05, 0) is 42.0 Å². The molecule has 3 heterocycles. The van der Waals surface area contributed by atoms with Crippen LogP contribution >= 0.6 is 11.3 Å². The Kier molecular flexibility index (Phi) is 3.66. The molecule has 1 saturated carbocycles. The van der Waals surface area contributed by atoms with E-state index in [2.05, 4.69) is 16.3 Å². The molecule has 0 aromatic carbocycles. The number of aromatic nitrogens is 3. The predicted octanol–water partition coefficient (Wildman–Crippen LogP) is 2.20. The Morgan fingerprint density at radius 2 is 2.15 bits per heavy atom. The van der Waals surface area contributed by atoms with Gasteiger partial charge in [-0.3, -0.25) is 4.52 Å². The fraction of sp³-hybridized carbons (Fsp3) is 0.444. The highest BCUT2D eigenvalue weighted by Gasteiger charge is 2.35. The van der Waals surface area contributed by atoms with Gasteiger partial charge in [0.25, 0.3) is 6.20 Å². The van der Waals surface area contributed by atoms with Crippen molar-refractivity contribution in [2.45, 2.75) is 51.0 Å². The zero-order valence-electron chi connectivity index (χ0n) is 14.3. The highest BCUT2D eigenvalue weighted by Crippen LogP contribution is 2.35. The number of hydrogen-bond acceptors (Lipinski definition) is 7. The molecule has 0 unspecified atom stereocenters. The molecule has 0 bridgehead atoms. The maximum absolute atomic E-state index is 12.6. The Bertz CT molecular complexity index is 1020. The minimum absolute atomic E-state index is 0.211. The van der Waals surface area contributed by atoms with Crippen molar-refractivity contribution in [3.63, 3.8) is 0 Å². The lowest BCUT2D eigenvalue weighted by atomic mass is 10.1. The van der Waals surface area contributed by atoms with E-state index in [1.807, 2.05) is 0 Å². The van der Waals surface area contributed by atoms with E-state index >= 15 is 0 Å². The van der Waals surface area contributed by atoms with Gasteiger partial charge in [-0.1, -0.05) is 6.42 Å². The lowest BCUT2D eigenvalue weighted by Gasteiger charge is -2.07. The third kappa shape index (κ3) is 2.74. The van der Waals surface area contributed by atoms with E-state index in [-0.39, 0.29) is 5.88 Å². The molecule has 0 radical (unpaired) electrons. The predicted molar refractivity (Wildman–Crippen MR) is 96.5 cm³/mol. The molecule has 134 valence electrons. The molecule has 7 nitrogen and oxygen atoms in total. The van der Waals surface area contributed by atoms with E-state index in [1.165, 1.54) is 36.2 Å². The van der Waals surface area contributed by atoms with Gasteiger partial charge < -0.3 is 10.8 Å². The van der Waals surface area contributed by atoms with Crippen LogP contribution in [0.5, 0.6) is 0 Å². The normalized spacial score (nSPS) is 18.1. The SMILES string of the molecule is Nc1c(/C([O-])=N/c2c[n+](C3CC3)no2)sc2nc3c(cc12)CCCCC3. The molecule has 0 atom stereocenters. The molecule has 0 saturated heterocycles. The Balaban J connectivity index is 1.53. The number of pyridine rings is 1. The molecule has 2 N–H and O–H groups in total. The van der Waals surface area contributed by atoms with Crippen molar-refractivity contribution in [3.05, 3.63) is 28.4 Å². The number of rotatable bonds is 3. The molecular weight excluding hydrogens is 350 g/mol. The minimum atomic E-state index is -0.403. The lowest BCUT2D eigenvalue weighted by Crippen LogP contribution is -2.32. The van der Waals surface area contributed by atoms with E-state index in [4.69, 9.17) is 15.2 Å². The van der Waals surface area contributed by atoms with Gasteiger partial charge in [-0.15, -0.1) is 11.3 Å². The van der Waals surface area contributed by atoms with Gasteiger partial charge in [0.1, 0.15) is 4.83 Å². The summed E-state index contributed by atoms with van der Waals surface area (Å²) in [4.78, 5) is 10.1. The van der Waals surface area contributed by atoms with Crippen LogP contribution in [0.25, 0.3) is 10.2 Å². The fourth-order valence-corrected chi connectivity index (χ4v) is 4.44. The molecule has 1 fully saturated rings. The summed E-state index contributed by atoms with van der Waals surface area (Å²) >= 11 is 1.31.